The topological polar surface area (TPSA) is 83.8 Å². The van der Waals surface area contributed by atoms with Gasteiger partial charge in [0.15, 0.2) is 11.6 Å². The lowest BCUT2D eigenvalue weighted by molar-refractivity contribution is 0.0594. The molecule has 0 radical (unpaired) electrons. The number of hydrogen-bond donors (Lipinski definition) is 2. The molecule has 3 aromatic carbocycles. The van der Waals surface area contributed by atoms with Crippen LogP contribution in [0.25, 0.3) is 11.6 Å². The number of Topliss-reactive ketones (excluding diaryl/α,β-unsaturated/α-hetero) is 2. The summed E-state index contributed by atoms with van der Waals surface area (Å²) in [5, 5.41) is 21.4. The summed E-state index contributed by atoms with van der Waals surface area (Å²) >= 11 is 0. The zero-order valence-electron chi connectivity index (χ0n) is 23.5. The number of para-hydroxylation sites is 1. The predicted octanol–water partition coefficient (Wildman–Crippen LogP) is 6.88. The Bertz CT molecular complexity index is 1540. The third-order valence-electron chi connectivity index (χ3n) is 9.08. The normalized spacial score (nSPS) is 24.3. The molecule has 1 fully saturated rings. The Morgan fingerprint density at radius 2 is 1.59 bits per heavy atom. The number of aromatic hydroxyl groups is 1. The van der Waals surface area contributed by atoms with E-state index < -0.39 is 19.0 Å². The minimum atomic E-state index is -1.01. The van der Waals surface area contributed by atoms with Crippen LogP contribution in [0.5, 0.6) is 5.75 Å². The van der Waals surface area contributed by atoms with Gasteiger partial charge in [-0.1, -0.05) is 92.2 Å². The molecular formula is C35H35BO5. The Balaban J connectivity index is 1.37. The number of hydrogen-bond acceptors (Lipinski definition) is 5. The van der Waals surface area contributed by atoms with Crippen LogP contribution in [0, 0.1) is 23.7 Å². The van der Waals surface area contributed by atoms with Crippen LogP contribution in [-0.4, -0.2) is 34.9 Å². The molecule has 1 heterocycles. The van der Waals surface area contributed by atoms with Gasteiger partial charge in [-0.05, 0) is 66.3 Å². The zero-order valence-corrected chi connectivity index (χ0v) is 23.5. The Morgan fingerprint density at radius 1 is 0.927 bits per heavy atom. The number of rotatable bonds is 6. The lowest BCUT2D eigenvalue weighted by Crippen LogP contribution is -2.51. The molecule has 3 aromatic rings. The van der Waals surface area contributed by atoms with Gasteiger partial charge >= 0.3 is 7.12 Å². The molecule has 2 N–H and O–H groups in total. The molecule has 2 aliphatic carbocycles. The van der Waals surface area contributed by atoms with Gasteiger partial charge < -0.3 is 14.8 Å². The molecule has 1 aliphatic heterocycles. The number of phenols is 1. The van der Waals surface area contributed by atoms with Gasteiger partial charge in [-0.15, -0.1) is 0 Å². The Kier molecular flexibility index (Phi) is 7.54. The molecule has 3 aliphatic rings. The van der Waals surface area contributed by atoms with Crippen molar-refractivity contribution in [2.24, 2.45) is 23.7 Å². The highest BCUT2D eigenvalue weighted by Gasteiger charge is 2.53. The van der Waals surface area contributed by atoms with Gasteiger partial charge in [0.1, 0.15) is 5.75 Å². The van der Waals surface area contributed by atoms with E-state index >= 15 is 0 Å². The van der Waals surface area contributed by atoms with Crippen molar-refractivity contribution in [2.45, 2.75) is 45.5 Å². The average Bonchev–Trinajstić information content (AvgIpc) is 2.98. The third kappa shape index (κ3) is 5.11. The standard InChI is InChI=1S/C35H35BO5/c1-21(2)27-19-28-33(35(39)26-14-8-7-13-25(26)34(28)38)29-20-36(40)41-31(32(27)29)17-16-23(22-10-4-3-5-11-22)18-24-12-6-9-15-30(24)37/h3-15,18,21,28-29,31,33,37,40H,16-17,19-20H2,1-2H3/b23-18-/t28-,29+,31-,33-/m1/s1. The lowest BCUT2D eigenvalue weighted by Gasteiger charge is -2.48. The molecule has 0 unspecified atom stereocenters. The number of carbonyl (C=O) groups excluding carboxylic acids is 2. The molecular weight excluding hydrogens is 511 g/mol. The minimum absolute atomic E-state index is 0.00720. The molecule has 5 nitrogen and oxygen atoms in total. The fourth-order valence-corrected chi connectivity index (χ4v) is 7.19. The molecule has 0 spiro atoms. The third-order valence-corrected chi connectivity index (χ3v) is 9.08. The first-order valence-electron chi connectivity index (χ1n) is 14.6. The quantitative estimate of drug-likeness (QED) is 0.200. The summed E-state index contributed by atoms with van der Waals surface area (Å²) < 4.78 is 6.23. The zero-order chi connectivity index (χ0) is 28.7. The fraction of sp³-hybridized carbons (Fsp3) is 0.314. The van der Waals surface area contributed by atoms with Gasteiger partial charge in [0.25, 0.3) is 0 Å². The maximum atomic E-state index is 13.9. The Morgan fingerprint density at radius 3 is 2.29 bits per heavy atom. The van der Waals surface area contributed by atoms with Crippen molar-refractivity contribution in [1.82, 2.24) is 0 Å². The van der Waals surface area contributed by atoms with Crippen LogP contribution in [-0.2, 0) is 4.65 Å². The highest BCUT2D eigenvalue weighted by atomic mass is 16.5. The first-order valence-corrected chi connectivity index (χ1v) is 14.6. The fourth-order valence-electron chi connectivity index (χ4n) is 7.19. The van der Waals surface area contributed by atoms with E-state index in [4.69, 9.17) is 4.65 Å². The summed E-state index contributed by atoms with van der Waals surface area (Å²) in [6.45, 7) is 4.27. The molecule has 0 saturated carbocycles. The summed E-state index contributed by atoms with van der Waals surface area (Å²) in [7, 11) is -1.01. The van der Waals surface area contributed by atoms with E-state index in [2.05, 4.69) is 26.0 Å². The molecule has 0 aromatic heterocycles. The highest BCUT2D eigenvalue weighted by molar-refractivity contribution is 6.43. The summed E-state index contributed by atoms with van der Waals surface area (Å²) in [4.78, 5) is 27.6. The number of ketones is 2. The molecule has 0 amide bonds. The number of fused-ring (bicyclic) bond motifs is 4. The number of benzene rings is 3. The van der Waals surface area contributed by atoms with Crippen molar-refractivity contribution in [3.05, 3.63) is 112 Å². The molecule has 6 rings (SSSR count). The second-order valence-corrected chi connectivity index (χ2v) is 11.8. The van der Waals surface area contributed by atoms with Crippen molar-refractivity contribution < 1.29 is 24.4 Å². The van der Waals surface area contributed by atoms with E-state index in [9.17, 15) is 19.7 Å². The summed E-state index contributed by atoms with van der Waals surface area (Å²) in [5.41, 5.74) is 6.14. The second-order valence-electron chi connectivity index (χ2n) is 11.8. The first kappa shape index (κ1) is 27.4. The first-order chi connectivity index (χ1) is 19.8. The van der Waals surface area contributed by atoms with Crippen molar-refractivity contribution in [2.75, 3.05) is 0 Å². The molecule has 0 bridgehead atoms. The van der Waals surface area contributed by atoms with Crippen LogP contribution in [0.15, 0.2) is 90.0 Å². The minimum Gasteiger partial charge on any atom is -0.507 e. The predicted molar refractivity (Wildman–Crippen MR) is 161 cm³/mol. The highest BCUT2D eigenvalue weighted by Crippen LogP contribution is 2.52. The van der Waals surface area contributed by atoms with Crippen LogP contribution >= 0.6 is 0 Å². The summed E-state index contributed by atoms with van der Waals surface area (Å²) in [6.07, 6.45) is 3.73. The molecule has 208 valence electrons. The van der Waals surface area contributed by atoms with E-state index in [0.717, 1.165) is 22.3 Å². The average molecular weight is 546 g/mol. The molecule has 6 heteroatoms. The maximum Gasteiger partial charge on any atom is 0.455 e. The van der Waals surface area contributed by atoms with Crippen LogP contribution in [0.4, 0.5) is 0 Å². The van der Waals surface area contributed by atoms with Gasteiger partial charge in [-0.2, -0.15) is 0 Å². The van der Waals surface area contributed by atoms with Gasteiger partial charge in [-0.25, -0.2) is 0 Å². The van der Waals surface area contributed by atoms with Gasteiger partial charge in [-0.3, -0.25) is 9.59 Å². The van der Waals surface area contributed by atoms with E-state index in [1.807, 2.05) is 48.5 Å². The van der Waals surface area contributed by atoms with Crippen molar-refractivity contribution >= 4 is 30.3 Å². The monoisotopic (exact) mass is 546 g/mol. The maximum absolute atomic E-state index is 13.9. The smallest absolute Gasteiger partial charge is 0.455 e. The molecule has 4 atom stereocenters. The van der Waals surface area contributed by atoms with Crippen LogP contribution < -0.4 is 0 Å². The van der Waals surface area contributed by atoms with Crippen LogP contribution in [0.1, 0.15) is 65.0 Å². The van der Waals surface area contributed by atoms with Gasteiger partial charge in [0.05, 0.1) is 6.10 Å². The SMILES string of the molecule is CC(C)C1=C2[C@@H](CC/C(=C/c3ccccc3O)c3ccccc3)OB(O)C[C@@H]2[C@@H]2C(=O)c3ccccc3C(=O)[C@@H]2C1. The lowest BCUT2D eigenvalue weighted by atomic mass is 9.53. The Hall–Kier alpha value is -3.74. The van der Waals surface area contributed by atoms with E-state index in [1.165, 1.54) is 5.57 Å². The Labute approximate surface area is 241 Å². The van der Waals surface area contributed by atoms with Crippen molar-refractivity contribution in [3.63, 3.8) is 0 Å². The molecule has 1 saturated heterocycles. The summed E-state index contributed by atoms with van der Waals surface area (Å²) in [6, 6.07) is 24.5. The van der Waals surface area contributed by atoms with E-state index in [-0.39, 0.29) is 35.3 Å². The van der Waals surface area contributed by atoms with Crippen LogP contribution in [0.3, 0.4) is 0 Å². The van der Waals surface area contributed by atoms with Crippen molar-refractivity contribution in [3.8, 4) is 5.75 Å². The van der Waals surface area contributed by atoms with Crippen molar-refractivity contribution in [1.29, 1.82) is 0 Å². The van der Waals surface area contributed by atoms with Gasteiger partial charge in [0.2, 0.25) is 0 Å². The van der Waals surface area contributed by atoms with Crippen LogP contribution in [0.2, 0.25) is 6.32 Å². The number of allylic oxidation sites excluding steroid dienone is 2. The largest absolute Gasteiger partial charge is 0.507 e. The number of phenolic OH excluding ortho intramolecular Hbond substituents is 1. The van der Waals surface area contributed by atoms with Gasteiger partial charge in [0, 0.05) is 28.5 Å². The van der Waals surface area contributed by atoms with E-state index in [0.29, 0.717) is 36.7 Å². The summed E-state index contributed by atoms with van der Waals surface area (Å²) in [5.74, 6) is -0.692. The molecule has 41 heavy (non-hydrogen) atoms. The number of carbonyl (C=O) groups is 2. The van der Waals surface area contributed by atoms with E-state index in [1.54, 1.807) is 24.3 Å². The second kappa shape index (κ2) is 11.3.